The number of carbonyl (C=O) groups excluding carboxylic acids is 1. The third kappa shape index (κ3) is 4.93. The summed E-state index contributed by atoms with van der Waals surface area (Å²) in [4.78, 5) is 11.0. The molecule has 0 aliphatic rings. The third-order valence-corrected chi connectivity index (χ3v) is 1.47. The van der Waals surface area contributed by atoms with Crippen LogP contribution in [0.3, 0.4) is 0 Å². The van der Waals surface area contributed by atoms with Gasteiger partial charge in [0, 0.05) is 6.42 Å². The standard InChI is InChI=1S/C8H16O3/c1-6(9)4-5-7(10)8(2,3)11/h6,9,11H,4-5H2,1-3H3. The van der Waals surface area contributed by atoms with Gasteiger partial charge in [-0.2, -0.15) is 0 Å². The molecule has 3 nitrogen and oxygen atoms in total. The molecule has 66 valence electrons. The van der Waals surface area contributed by atoms with E-state index in [0.29, 0.717) is 6.42 Å². The van der Waals surface area contributed by atoms with E-state index in [1.54, 1.807) is 6.92 Å². The number of ketones is 1. The van der Waals surface area contributed by atoms with Gasteiger partial charge in [-0.1, -0.05) is 0 Å². The van der Waals surface area contributed by atoms with E-state index in [0.717, 1.165) is 0 Å². The van der Waals surface area contributed by atoms with Gasteiger partial charge < -0.3 is 10.2 Å². The van der Waals surface area contributed by atoms with Crippen LogP contribution < -0.4 is 0 Å². The van der Waals surface area contributed by atoms with Crippen molar-refractivity contribution in [2.24, 2.45) is 0 Å². The first-order valence-corrected chi connectivity index (χ1v) is 3.78. The molecule has 0 heterocycles. The molecule has 3 heteroatoms. The van der Waals surface area contributed by atoms with E-state index in [9.17, 15) is 4.79 Å². The van der Waals surface area contributed by atoms with Crippen LogP contribution in [0.4, 0.5) is 0 Å². The first kappa shape index (κ1) is 10.6. The summed E-state index contributed by atoms with van der Waals surface area (Å²) >= 11 is 0. The number of carbonyl (C=O) groups is 1. The van der Waals surface area contributed by atoms with Crippen LogP contribution in [-0.2, 0) is 4.79 Å². The van der Waals surface area contributed by atoms with E-state index in [2.05, 4.69) is 0 Å². The maximum Gasteiger partial charge on any atom is 0.163 e. The fourth-order valence-electron chi connectivity index (χ4n) is 0.646. The van der Waals surface area contributed by atoms with Crippen LogP contribution in [0.25, 0.3) is 0 Å². The van der Waals surface area contributed by atoms with Crippen molar-refractivity contribution < 1.29 is 15.0 Å². The Kier molecular flexibility index (Phi) is 3.69. The lowest BCUT2D eigenvalue weighted by atomic mass is 9.99. The van der Waals surface area contributed by atoms with Crippen LogP contribution >= 0.6 is 0 Å². The summed E-state index contributed by atoms with van der Waals surface area (Å²) in [6.45, 7) is 4.53. The minimum atomic E-state index is -1.26. The largest absolute Gasteiger partial charge is 0.393 e. The van der Waals surface area contributed by atoms with E-state index in [1.165, 1.54) is 13.8 Å². The lowest BCUT2D eigenvalue weighted by Crippen LogP contribution is -2.31. The minimum Gasteiger partial charge on any atom is -0.393 e. The van der Waals surface area contributed by atoms with Gasteiger partial charge in [0.05, 0.1) is 6.10 Å². The first-order chi connectivity index (χ1) is 4.84. The Bertz CT molecular complexity index is 133. The molecule has 0 saturated carbocycles. The summed E-state index contributed by atoms with van der Waals surface area (Å²) in [5.74, 6) is -0.224. The molecule has 11 heavy (non-hydrogen) atoms. The molecule has 0 aromatic heterocycles. The van der Waals surface area contributed by atoms with Crippen LogP contribution in [-0.4, -0.2) is 27.7 Å². The Labute approximate surface area is 67.0 Å². The van der Waals surface area contributed by atoms with Crippen molar-refractivity contribution in [1.82, 2.24) is 0 Å². The van der Waals surface area contributed by atoms with Gasteiger partial charge in [0.15, 0.2) is 5.78 Å². The zero-order valence-electron chi connectivity index (χ0n) is 7.29. The van der Waals surface area contributed by atoms with Gasteiger partial charge in [-0.05, 0) is 27.2 Å². The molecule has 1 atom stereocenters. The fourth-order valence-corrected chi connectivity index (χ4v) is 0.646. The molecule has 0 amide bonds. The van der Waals surface area contributed by atoms with Crippen molar-refractivity contribution in [1.29, 1.82) is 0 Å². The van der Waals surface area contributed by atoms with Gasteiger partial charge in [0.1, 0.15) is 5.60 Å². The highest BCUT2D eigenvalue weighted by Gasteiger charge is 2.22. The number of Topliss-reactive ketones (excluding diaryl/α,β-unsaturated/α-hetero) is 1. The highest BCUT2D eigenvalue weighted by Crippen LogP contribution is 2.08. The third-order valence-electron chi connectivity index (χ3n) is 1.47. The smallest absolute Gasteiger partial charge is 0.163 e. The van der Waals surface area contributed by atoms with Gasteiger partial charge in [0.2, 0.25) is 0 Å². The molecule has 0 aliphatic heterocycles. The summed E-state index contributed by atoms with van der Waals surface area (Å²) in [5.41, 5.74) is -1.26. The molecular weight excluding hydrogens is 144 g/mol. The second-order valence-corrected chi connectivity index (χ2v) is 3.37. The van der Waals surface area contributed by atoms with Gasteiger partial charge in [0.25, 0.3) is 0 Å². The Morgan fingerprint density at radius 3 is 2.27 bits per heavy atom. The molecule has 0 rings (SSSR count). The number of rotatable bonds is 4. The molecule has 0 aliphatic carbocycles. The molecular formula is C8H16O3. The lowest BCUT2D eigenvalue weighted by Gasteiger charge is -2.15. The summed E-state index contributed by atoms with van der Waals surface area (Å²) in [7, 11) is 0. The molecule has 0 fully saturated rings. The molecule has 0 aromatic rings. The van der Waals surface area contributed by atoms with Crippen LogP contribution in [0.1, 0.15) is 33.6 Å². The molecule has 0 bridgehead atoms. The van der Waals surface area contributed by atoms with E-state index in [-0.39, 0.29) is 12.2 Å². The van der Waals surface area contributed by atoms with Crippen LogP contribution in [0, 0.1) is 0 Å². The number of hydrogen-bond donors (Lipinski definition) is 2. The maximum atomic E-state index is 11.0. The number of hydrogen-bond acceptors (Lipinski definition) is 3. The van der Waals surface area contributed by atoms with Crippen molar-refractivity contribution in [2.75, 3.05) is 0 Å². The average Bonchev–Trinajstić information content (AvgIpc) is 1.80. The summed E-state index contributed by atoms with van der Waals surface area (Å²) in [6, 6.07) is 0. The van der Waals surface area contributed by atoms with Crippen molar-refractivity contribution >= 4 is 5.78 Å². The summed E-state index contributed by atoms with van der Waals surface area (Å²) in [6.07, 6.45) is 0.186. The highest BCUT2D eigenvalue weighted by molar-refractivity contribution is 5.86. The summed E-state index contributed by atoms with van der Waals surface area (Å²) < 4.78 is 0. The second kappa shape index (κ2) is 3.83. The van der Waals surface area contributed by atoms with Crippen molar-refractivity contribution in [2.45, 2.75) is 45.3 Å². The van der Waals surface area contributed by atoms with Crippen molar-refractivity contribution in [3.05, 3.63) is 0 Å². The Morgan fingerprint density at radius 1 is 1.55 bits per heavy atom. The SMILES string of the molecule is CC(O)CCC(=O)C(C)(C)O. The van der Waals surface area contributed by atoms with Crippen LogP contribution in [0.5, 0.6) is 0 Å². The highest BCUT2D eigenvalue weighted by atomic mass is 16.3. The number of aliphatic hydroxyl groups excluding tert-OH is 1. The lowest BCUT2D eigenvalue weighted by molar-refractivity contribution is -0.134. The second-order valence-electron chi connectivity index (χ2n) is 3.37. The average molecular weight is 160 g/mol. The molecule has 0 saturated heterocycles. The predicted molar refractivity (Wildman–Crippen MR) is 42.2 cm³/mol. The molecule has 0 radical (unpaired) electrons. The Hall–Kier alpha value is -0.410. The molecule has 0 spiro atoms. The summed E-state index contributed by atoms with van der Waals surface area (Å²) in [5, 5.41) is 18.0. The molecule has 1 unspecified atom stereocenters. The van der Waals surface area contributed by atoms with Crippen LogP contribution in [0.15, 0.2) is 0 Å². The maximum absolute atomic E-state index is 11.0. The topological polar surface area (TPSA) is 57.5 Å². The zero-order chi connectivity index (χ0) is 9.07. The molecule has 0 aromatic carbocycles. The minimum absolute atomic E-state index is 0.224. The number of aliphatic hydroxyl groups is 2. The van der Waals surface area contributed by atoms with Gasteiger partial charge >= 0.3 is 0 Å². The quantitative estimate of drug-likeness (QED) is 0.629. The van der Waals surface area contributed by atoms with Gasteiger partial charge in [-0.15, -0.1) is 0 Å². The van der Waals surface area contributed by atoms with E-state index >= 15 is 0 Å². The van der Waals surface area contributed by atoms with E-state index in [1.807, 2.05) is 0 Å². The van der Waals surface area contributed by atoms with Gasteiger partial charge in [-0.3, -0.25) is 4.79 Å². The Balaban J connectivity index is 3.71. The first-order valence-electron chi connectivity index (χ1n) is 3.78. The molecule has 2 N–H and O–H groups in total. The Morgan fingerprint density at radius 2 is 2.00 bits per heavy atom. The fraction of sp³-hybridized carbons (Fsp3) is 0.875. The normalized spacial score (nSPS) is 14.6. The van der Waals surface area contributed by atoms with Crippen molar-refractivity contribution in [3.8, 4) is 0 Å². The predicted octanol–water partition coefficient (Wildman–Crippen LogP) is 0.487. The zero-order valence-corrected chi connectivity index (χ0v) is 7.29. The van der Waals surface area contributed by atoms with Gasteiger partial charge in [-0.25, -0.2) is 0 Å². The monoisotopic (exact) mass is 160 g/mol. The van der Waals surface area contributed by atoms with E-state index < -0.39 is 11.7 Å². The van der Waals surface area contributed by atoms with E-state index in [4.69, 9.17) is 10.2 Å². The van der Waals surface area contributed by atoms with Crippen LogP contribution in [0.2, 0.25) is 0 Å². The van der Waals surface area contributed by atoms with Crippen molar-refractivity contribution in [3.63, 3.8) is 0 Å².